The van der Waals surface area contributed by atoms with Crippen LogP contribution < -0.4 is 0 Å². The van der Waals surface area contributed by atoms with E-state index in [-0.39, 0.29) is 21.7 Å². The summed E-state index contributed by atoms with van der Waals surface area (Å²) in [6.45, 7) is 0. The molecule has 2 rings (SSSR count). The van der Waals surface area contributed by atoms with Crippen LogP contribution in [0.3, 0.4) is 0 Å². The van der Waals surface area contributed by atoms with Gasteiger partial charge in [0.25, 0.3) is 0 Å². The molecule has 4 heteroatoms. The van der Waals surface area contributed by atoms with Gasteiger partial charge in [-0.05, 0) is 18.8 Å². The van der Waals surface area contributed by atoms with Crippen molar-refractivity contribution in [2.24, 2.45) is 5.92 Å². The van der Waals surface area contributed by atoms with E-state index in [0.717, 1.165) is 5.92 Å². The minimum atomic E-state index is 0. The molecule has 0 nitrogen and oxygen atoms in total. The topological polar surface area (TPSA) is 0 Å². The van der Waals surface area contributed by atoms with Crippen molar-refractivity contribution in [3.8, 4) is 0 Å². The number of rotatable bonds is 5. The Kier molecular flexibility index (Phi) is 6.31. The van der Waals surface area contributed by atoms with Gasteiger partial charge in [0.15, 0.2) is 0 Å². The molecule has 0 aliphatic heterocycles. The van der Waals surface area contributed by atoms with Crippen molar-refractivity contribution in [2.45, 2.75) is 19.2 Å². The minimum absolute atomic E-state index is 0. The van der Waals surface area contributed by atoms with Crippen LogP contribution >= 0.6 is 0 Å². The zero-order valence-electron chi connectivity index (χ0n) is 10.1. The van der Waals surface area contributed by atoms with Crippen molar-refractivity contribution in [1.82, 2.24) is 0 Å². The molecule has 16 heavy (non-hydrogen) atoms. The average Bonchev–Trinajstić information content (AvgIpc) is 2.90. The van der Waals surface area contributed by atoms with Gasteiger partial charge in [0.05, 0.1) is 22.0 Å². The van der Waals surface area contributed by atoms with E-state index >= 15 is 0 Å². The van der Waals surface area contributed by atoms with Crippen LogP contribution in [0.2, 0.25) is 6.32 Å². The third-order valence-corrected chi connectivity index (χ3v) is 3.34. The Morgan fingerprint density at radius 3 is 2.06 bits per heavy atom. The molecule has 0 atom stereocenters. The van der Waals surface area contributed by atoms with Crippen LogP contribution in [0.25, 0.3) is 0 Å². The summed E-state index contributed by atoms with van der Waals surface area (Å²) >= 11 is 0. The molecule has 0 radical (unpaired) electrons. The van der Waals surface area contributed by atoms with Crippen molar-refractivity contribution in [3.05, 3.63) is 47.6 Å². The van der Waals surface area contributed by atoms with E-state index in [0.29, 0.717) is 0 Å². The van der Waals surface area contributed by atoms with E-state index < -0.39 is 0 Å². The van der Waals surface area contributed by atoms with Crippen molar-refractivity contribution < 1.29 is 21.7 Å². The molecule has 0 unspecified atom stereocenters. The second-order valence-corrected chi connectivity index (χ2v) is 4.44. The first-order valence-corrected chi connectivity index (χ1v) is 6.13. The second kappa shape index (κ2) is 7.24. The molecule has 2 aliphatic carbocycles. The molecule has 0 fully saturated rings. The quantitative estimate of drug-likeness (QED) is 0.633. The van der Waals surface area contributed by atoms with Gasteiger partial charge in [0, 0.05) is 21.7 Å². The van der Waals surface area contributed by atoms with Crippen LogP contribution in [0, 0.1) is 5.92 Å². The Hall–Kier alpha value is -0.131. The van der Waals surface area contributed by atoms with Gasteiger partial charge in [-0.15, -0.1) is 0 Å². The van der Waals surface area contributed by atoms with E-state index in [1.807, 2.05) is 0 Å². The van der Waals surface area contributed by atoms with Crippen molar-refractivity contribution in [1.29, 1.82) is 0 Å². The summed E-state index contributed by atoms with van der Waals surface area (Å²) < 4.78 is 0. The molecule has 0 spiro atoms. The molecule has 0 bridgehead atoms. The molecule has 0 aromatic carbocycles. The standard InChI is InChI=1S/C12H17B3.Ti/c13-15-14-9-12(10-5-1-2-6-10)11-7-3-4-8-11;/h1-5,7,12,14-15H,6,8-9,13H2;. The predicted molar refractivity (Wildman–Crippen MR) is 74.8 cm³/mol. The minimum Gasteiger partial charge on any atom is -0.0804 e. The third-order valence-electron chi connectivity index (χ3n) is 3.34. The Morgan fingerprint density at radius 2 is 1.69 bits per heavy atom. The summed E-state index contributed by atoms with van der Waals surface area (Å²) in [5.74, 6) is 0.718. The molecular formula is C12H17B3Ti. The Labute approximate surface area is 116 Å². The summed E-state index contributed by atoms with van der Waals surface area (Å²) in [7, 11) is 4.93. The first kappa shape index (κ1) is 13.9. The van der Waals surface area contributed by atoms with Gasteiger partial charge in [0.1, 0.15) is 0 Å². The summed E-state index contributed by atoms with van der Waals surface area (Å²) in [6, 6.07) is 0. The Morgan fingerprint density at radius 1 is 1.12 bits per heavy atom. The molecule has 0 saturated carbocycles. The largest absolute Gasteiger partial charge is 0.0804 e. The van der Waals surface area contributed by atoms with Gasteiger partial charge in [-0.1, -0.05) is 53.9 Å². The number of hydrogen-bond acceptors (Lipinski definition) is 0. The molecule has 0 aromatic rings. The van der Waals surface area contributed by atoms with Gasteiger partial charge < -0.3 is 0 Å². The van der Waals surface area contributed by atoms with E-state index in [1.54, 1.807) is 11.1 Å². The number of allylic oxidation sites excluding steroid dienone is 8. The maximum atomic E-state index is 2.32. The van der Waals surface area contributed by atoms with Crippen molar-refractivity contribution in [3.63, 3.8) is 0 Å². The van der Waals surface area contributed by atoms with Crippen LogP contribution in [-0.2, 0) is 21.7 Å². The predicted octanol–water partition coefficient (Wildman–Crippen LogP) is 1.13. The van der Waals surface area contributed by atoms with Gasteiger partial charge >= 0.3 is 0 Å². The van der Waals surface area contributed by atoms with Crippen molar-refractivity contribution in [2.75, 3.05) is 0 Å². The summed E-state index contributed by atoms with van der Waals surface area (Å²) in [4.78, 5) is 0. The first-order chi connectivity index (χ1) is 7.42. The molecule has 78 valence electrons. The van der Waals surface area contributed by atoms with Crippen LogP contribution in [0.5, 0.6) is 0 Å². The number of hydrogen-bond donors (Lipinski definition) is 0. The smallest absolute Gasteiger partial charge is 0.0791 e. The molecule has 0 heterocycles. The Balaban J connectivity index is 0.00000128. The van der Waals surface area contributed by atoms with E-state index in [4.69, 9.17) is 0 Å². The van der Waals surface area contributed by atoms with Crippen LogP contribution in [0.15, 0.2) is 47.6 Å². The monoisotopic (exact) mass is 242 g/mol. The van der Waals surface area contributed by atoms with Crippen LogP contribution in [-0.4, -0.2) is 22.0 Å². The van der Waals surface area contributed by atoms with Crippen LogP contribution in [0.1, 0.15) is 12.8 Å². The van der Waals surface area contributed by atoms with Gasteiger partial charge in [-0.25, -0.2) is 0 Å². The molecule has 0 amide bonds. The molecule has 0 saturated heterocycles. The van der Waals surface area contributed by atoms with Crippen LogP contribution in [0.4, 0.5) is 0 Å². The fraction of sp³-hybridized carbons (Fsp3) is 0.333. The molecule has 2 aliphatic rings. The SMILES string of the molecule is BBBCC(C1=CC=CC1)C1=CC=CC1.[Ti]. The zero-order valence-corrected chi connectivity index (χ0v) is 11.6. The Bertz CT molecular complexity index is 312. The van der Waals surface area contributed by atoms with Gasteiger partial charge in [0.2, 0.25) is 0 Å². The second-order valence-electron chi connectivity index (χ2n) is 4.44. The van der Waals surface area contributed by atoms with Gasteiger partial charge in [-0.2, -0.15) is 0 Å². The molecule has 0 N–H and O–H groups in total. The normalized spacial score (nSPS) is 17.1. The maximum absolute atomic E-state index is 2.32. The van der Waals surface area contributed by atoms with E-state index in [2.05, 4.69) is 44.2 Å². The zero-order chi connectivity index (χ0) is 10.5. The maximum Gasteiger partial charge on any atom is 0.0791 e. The summed E-state index contributed by atoms with van der Waals surface area (Å²) in [5.41, 5.74) is 3.25. The van der Waals surface area contributed by atoms with E-state index in [9.17, 15) is 0 Å². The van der Waals surface area contributed by atoms with Gasteiger partial charge in [-0.3, -0.25) is 0 Å². The van der Waals surface area contributed by atoms with E-state index in [1.165, 1.54) is 33.4 Å². The molecule has 0 aromatic heterocycles. The fourth-order valence-electron chi connectivity index (χ4n) is 2.46. The fourth-order valence-corrected chi connectivity index (χ4v) is 2.46. The average molecular weight is 242 g/mol. The summed E-state index contributed by atoms with van der Waals surface area (Å²) in [6.07, 6.45) is 17.3. The summed E-state index contributed by atoms with van der Waals surface area (Å²) in [5, 5.41) is 0. The molecular weight excluding hydrogens is 224 g/mol. The first-order valence-electron chi connectivity index (χ1n) is 6.13. The third kappa shape index (κ3) is 3.43. The van der Waals surface area contributed by atoms with Crippen molar-refractivity contribution >= 4 is 22.0 Å².